The van der Waals surface area contributed by atoms with Crippen molar-refractivity contribution < 1.29 is 14.3 Å². The molecule has 0 fully saturated rings. The molecule has 0 bridgehead atoms. The summed E-state index contributed by atoms with van der Waals surface area (Å²) in [5.41, 5.74) is 0. The highest BCUT2D eigenvalue weighted by molar-refractivity contribution is 5.92. The van der Waals surface area contributed by atoms with Crippen molar-refractivity contribution in [1.82, 2.24) is 4.90 Å². The fourth-order valence-corrected chi connectivity index (χ4v) is 1.66. The van der Waals surface area contributed by atoms with Gasteiger partial charge in [0.05, 0.1) is 6.10 Å². The average Bonchev–Trinajstić information content (AvgIpc) is 2.16. The van der Waals surface area contributed by atoms with Crippen molar-refractivity contribution in [3.8, 4) is 0 Å². The van der Waals surface area contributed by atoms with Crippen LogP contribution in [-0.2, 0) is 9.53 Å². The van der Waals surface area contributed by atoms with Crippen molar-refractivity contribution in [3.05, 3.63) is 12.3 Å². The Morgan fingerprint density at radius 1 is 1.44 bits per heavy atom. The number of ether oxygens (including phenoxy) is 1. The van der Waals surface area contributed by atoms with E-state index in [2.05, 4.69) is 0 Å². The number of hydrogen-bond donors (Lipinski definition) is 0. The topological polar surface area (TPSA) is 46.6 Å². The SMILES string of the molecule is CC(C)OC(=O)N1C=CC(=O)C[C@@H]1C(C)C. The van der Waals surface area contributed by atoms with Crippen molar-refractivity contribution in [3.63, 3.8) is 0 Å². The standard InChI is InChI=1S/C12H19NO3/c1-8(2)11-7-10(14)5-6-13(11)12(15)16-9(3)4/h5-6,8-9,11H,7H2,1-4H3/t11-/m1/s1. The lowest BCUT2D eigenvalue weighted by atomic mass is 9.95. The summed E-state index contributed by atoms with van der Waals surface area (Å²) < 4.78 is 5.13. The third-order valence-corrected chi connectivity index (χ3v) is 2.51. The predicted octanol–water partition coefficient (Wildman–Crippen LogP) is 2.34. The van der Waals surface area contributed by atoms with Crippen LogP contribution in [0.1, 0.15) is 34.1 Å². The lowest BCUT2D eigenvalue weighted by molar-refractivity contribution is -0.116. The predicted molar refractivity (Wildman–Crippen MR) is 60.8 cm³/mol. The van der Waals surface area contributed by atoms with Crippen LogP contribution in [0.4, 0.5) is 4.79 Å². The Hall–Kier alpha value is -1.32. The molecule has 0 saturated carbocycles. The molecule has 16 heavy (non-hydrogen) atoms. The first-order valence-electron chi connectivity index (χ1n) is 5.61. The molecule has 1 rings (SSSR count). The van der Waals surface area contributed by atoms with E-state index in [1.807, 2.05) is 13.8 Å². The Balaban J connectivity index is 2.79. The summed E-state index contributed by atoms with van der Waals surface area (Å²) in [6.45, 7) is 7.60. The highest BCUT2D eigenvalue weighted by atomic mass is 16.6. The van der Waals surface area contributed by atoms with E-state index in [9.17, 15) is 9.59 Å². The average molecular weight is 225 g/mol. The van der Waals surface area contributed by atoms with Crippen LogP contribution in [0.5, 0.6) is 0 Å². The first kappa shape index (κ1) is 12.7. The van der Waals surface area contributed by atoms with Gasteiger partial charge >= 0.3 is 6.09 Å². The first-order chi connectivity index (χ1) is 7.41. The fourth-order valence-electron chi connectivity index (χ4n) is 1.66. The van der Waals surface area contributed by atoms with Crippen LogP contribution in [0.2, 0.25) is 0 Å². The Morgan fingerprint density at radius 3 is 2.56 bits per heavy atom. The lowest BCUT2D eigenvalue weighted by Crippen LogP contribution is -2.44. The summed E-state index contributed by atoms with van der Waals surface area (Å²) in [5, 5.41) is 0. The second-order valence-corrected chi connectivity index (χ2v) is 4.64. The first-order valence-corrected chi connectivity index (χ1v) is 5.61. The Labute approximate surface area is 96.3 Å². The molecule has 1 amide bonds. The summed E-state index contributed by atoms with van der Waals surface area (Å²) in [6, 6.07) is -0.0938. The van der Waals surface area contributed by atoms with Crippen LogP contribution in [0.3, 0.4) is 0 Å². The van der Waals surface area contributed by atoms with E-state index < -0.39 is 0 Å². The summed E-state index contributed by atoms with van der Waals surface area (Å²) in [4.78, 5) is 24.6. The third-order valence-electron chi connectivity index (χ3n) is 2.51. The van der Waals surface area contributed by atoms with Gasteiger partial charge in [-0.3, -0.25) is 9.69 Å². The van der Waals surface area contributed by atoms with Crippen LogP contribution in [-0.4, -0.2) is 28.9 Å². The zero-order valence-electron chi connectivity index (χ0n) is 10.3. The van der Waals surface area contributed by atoms with E-state index >= 15 is 0 Å². The Bertz CT molecular complexity index is 307. The molecule has 1 atom stereocenters. The van der Waals surface area contributed by atoms with E-state index in [4.69, 9.17) is 4.74 Å². The molecule has 1 heterocycles. The van der Waals surface area contributed by atoms with Gasteiger partial charge in [0.25, 0.3) is 0 Å². The minimum absolute atomic E-state index is 0.0623. The van der Waals surface area contributed by atoms with Gasteiger partial charge in [0.15, 0.2) is 5.78 Å². The monoisotopic (exact) mass is 225 g/mol. The summed E-state index contributed by atoms with van der Waals surface area (Å²) in [5.74, 6) is 0.293. The van der Waals surface area contributed by atoms with Gasteiger partial charge in [0.2, 0.25) is 0 Å². The van der Waals surface area contributed by atoms with E-state index in [0.29, 0.717) is 6.42 Å². The molecule has 1 aliphatic rings. The molecule has 0 radical (unpaired) electrons. The summed E-state index contributed by atoms with van der Waals surface area (Å²) in [6.07, 6.45) is 2.81. The molecule has 0 aliphatic carbocycles. The lowest BCUT2D eigenvalue weighted by Gasteiger charge is -2.33. The molecule has 0 unspecified atom stereocenters. The van der Waals surface area contributed by atoms with Gasteiger partial charge in [-0.1, -0.05) is 13.8 Å². The molecular weight excluding hydrogens is 206 g/mol. The molecule has 0 spiro atoms. The van der Waals surface area contributed by atoms with Crippen molar-refractivity contribution in [2.75, 3.05) is 0 Å². The maximum Gasteiger partial charge on any atom is 0.414 e. The number of carbonyl (C=O) groups is 2. The van der Waals surface area contributed by atoms with Gasteiger partial charge in [-0.05, 0) is 25.8 Å². The molecule has 90 valence electrons. The smallest absolute Gasteiger partial charge is 0.414 e. The molecule has 0 saturated heterocycles. The van der Waals surface area contributed by atoms with E-state index in [1.54, 1.807) is 13.8 Å². The minimum atomic E-state index is -0.377. The highest BCUT2D eigenvalue weighted by Gasteiger charge is 2.30. The van der Waals surface area contributed by atoms with Crippen molar-refractivity contribution in [2.24, 2.45) is 5.92 Å². The Morgan fingerprint density at radius 2 is 2.06 bits per heavy atom. The zero-order chi connectivity index (χ0) is 12.3. The van der Waals surface area contributed by atoms with Gasteiger partial charge in [-0.25, -0.2) is 4.79 Å². The van der Waals surface area contributed by atoms with E-state index in [0.717, 1.165) is 0 Å². The zero-order valence-corrected chi connectivity index (χ0v) is 10.3. The van der Waals surface area contributed by atoms with E-state index in [-0.39, 0.29) is 29.9 Å². The second kappa shape index (κ2) is 5.14. The Kier molecular flexibility index (Phi) is 4.10. The van der Waals surface area contributed by atoms with Crippen molar-refractivity contribution in [2.45, 2.75) is 46.3 Å². The largest absolute Gasteiger partial charge is 0.446 e. The van der Waals surface area contributed by atoms with Crippen molar-refractivity contribution in [1.29, 1.82) is 0 Å². The number of carbonyl (C=O) groups excluding carboxylic acids is 2. The van der Waals surface area contributed by atoms with Gasteiger partial charge in [-0.15, -0.1) is 0 Å². The number of nitrogens with zero attached hydrogens (tertiary/aromatic N) is 1. The number of hydrogen-bond acceptors (Lipinski definition) is 3. The van der Waals surface area contributed by atoms with Crippen LogP contribution in [0.15, 0.2) is 12.3 Å². The van der Waals surface area contributed by atoms with Gasteiger partial charge in [0.1, 0.15) is 0 Å². The maximum absolute atomic E-state index is 11.8. The molecule has 0 N–H and O–H groups in total. The molecule has 1 aliphatic heterocycles. The quantitative estimate of drug-likeness (QED) is 0.724. The van der Waals surface area contributed by atoms with Gasteiger partial charge < -0.3 is 4.74 Å². The van der Waals surface area contributed by atoms with Gasteiger partial charge in [0, 0.05) is 18.7 Å². The van der Waals surface area contributed by atoms with E-state index in [1.165, 1.54) is 17.2 Å². The number of amides is 1. The van der Waals surface area contributed by atoms with Gasteiger partial charge in [-0.2, -0.15) is 0 Å². The minimum Gasteiger partial charge on any atom is -0.446 e. The number of allylic oxidation sites excluding steroid dienone is 1. The molecule has 0 aromatic carbocycles. The third kappa shape index (κ3) is 3.08. The van der Waals surface area contributed by atoms with Crippen LogP contribution in [0.25, 0.3) is 0 Å². The number of rotatable bonds is 2. The molecule has 4 nitrogen and oxygen atoms in total. The normalized spacial score (nSPS) is 20.8. The molecular formula is C12H19NO3. The van der Waals surface area contributed by atoms with Crippen LogP contribution >= 0.6 is 0 Å². The fraction of sp³-hybridized carbons (Fsp3) is 0.667. The second-order valence-electron chi connectivity index (χ2n) is 4.64. The van der Waals surface area contributed by atoms with Crippen LogP contribution < -0.4 is 0 Å². The molecule has 0 aromatic heterocycles. The molecule has 0 aromatic rings. The van der Waals surface area contributed by atoms with Crippen LogP contribution in [0, 0.1) is 5.92 Å². The summed E-state index contributed by atoms with van der Waals surface area (Å²) >= 11 is 0. The van der Waals surface area contributed by atoms with Crippen molar-refractivity contribution >= 4 is 11.9 Å². The highest BCUT2D eigenvalue weighted by Crippen LogP contribution is 2.21. The number of ketones is 1. The summed E-state index contributed by atoms with van der Waals surface area (Å²) in [7, 11) is 0. The maximum atomic E-state index is 11.8. The molecule has 4 heteroatoms.